The molecule has 138 valence electrons. The summed E-state index contributed by atoms with van der Waals surface area (Å²) in [6.07, 6.45) is 0.301. The molecule has 0 unspecified atom stereocenters. The number of nitrogens with zero attached hydrogens (tertiary/aromatic N) is 1. The largest absolute Gasteiger partial charge is 0.497 e. The van der Waals surface area contributed by atoms with Gasteiger partial charge in [-0.3, -0.25) is 14.4 Å². The van der Waals surface area contributed by atoms with Crippen LogP contribution in [0.5, 0.6) is 5.75 Å². The molecule has 2 N–H and O–H groups in total. The number of hydrogen-bond donors (Lipinski definition) is 2. The molecule has 1 rings (SSSR count). The fourth-order valence-corrected chi connectivity index (χ4v) is 2.00. The second kappa shape index (κ2) is 11.0. The number of hydrogen-bond acceptors (Lipinski definition) is 5. The van der Waals surface area contributed by atoms with Gasteiger partial charge in [-0.05, 0) is 24.3 Å². The summed E-state index contributed by atoms with van der Waals surface area (Å²) in [5, 5.41) is 5.16. The van der Waals surface area contributed by atoms with Crippen LogP contribution in [0.15, 0.2) is 24.3 Å². The smallest absolute Gasteiger partial charge is 0.243 e. The van der Waals surface area contributed by atoms with Gasteiger partial charge in [-0.15, -0.1) is 0 Å². The second-order valence-electron chi connectivity index (χ2n) is 5.22. The summed E-state index contributed by atoms with van der Waals surface area (Å²) in [5.41, 5.74) is 0.600. The Morgan fingerprint density at radius 1 is 1.08 bits per heavy atom. The van der Waals surface area contributed by atoms with Crippen molar-refractivity contribution in [3.8, 4) is 5.75 Å². The minimum atomic E-state index is -0.400. The topological polar surface area (TPSA) is 97.0 Å². The lowest BCUT2D eigenvalue weighted by Crippen LogP contribution is -2.43. The predicted molar refractivity (Wildman–Crippen MR) is 93.4 cm³/mol. The van der Waals surface area contributed by atoms with E-state index in [0.717, 1.165) is 0 Å². The van der Waals surface area contributed by atoms with Crippen molar-refractivity contribution in [1.82, 2.24) is 10.2 Å². The number of methoxy groups -OCH3 is 2. The van der Waals surface area contributed by atoms with Crippen molar-refractivity contribution in [2.45, 2.75) is 13.3 Å². The van der Waals surface area contributed by atoms with Gasteiger partial charge in [-0.2, -0.15) is 0 Å². The molecule has 0 saturated heterocycles. The summed E-state index contributed by atoms with van der Waals surface area (Å²) in [4.78, 5) is 37.0. The first-order valence-corrected chi connectivity index (χ1v) is 7.97. The van der Waals surface area contributed by atoms with Crippen LogP contribution in [0.25, 0.3) is 0 Å². The number of benzene rings is 1. The van der Waals surface area contributed by atoms with Crippen LogP contribution in [0.1, 0.15) is 13.3 Å². The van der Waals surface area contributed by atoms with Crippen molar-refractivity contribution in [2.75, 3.05) is 45.8 Å². The van der Waals surface area contributed by atoms with Gasteiger partial charge in [0.25, 0.3) is 0 Å². The average Bonchev–Trinajstić information content (AvgIpc) is 2.63. The highest BCUT2D eigenvalue weighted by atomic mass is 16.5. The van der Waals surface area contributed by atoms with E-state index in [4.69, 9.17) is 9.47 Å². The Bertz CT molecular complexity index is 574. The van der Waals surface area contributed by atoms with Crippen molar-refractivity contribution in [1.29, 1.82) is 0 Å². The third-order valence-electron chi connectivity index (χ3n) is 3.37. The Balaban J connectivity index is 2.42. The molecule has 3 amide bonds. The molecule has 0 heterocycles. The maximum Gasteiger partial charge on any atom is 0.243 e. The van der Waals surface area contributed by atoms with Crippen LogP contribution >= 0.6 is 0 Å². The molecule has 0 atom stereocenters. The highest BCUT2D eigenvalue weighted by molar-refractivity contribution is 5.95. The Kier molecular flexibility index (Phi) is 9.02. The van der Waals surface area contributed by atoms with Gasteiger partial charge in [0, 0.05) is 25.8 Å². The fourth-order valence-electron chi connectivity index (χ4n) is 2.00. The molecule has 1 aromatic rings. The maximum absolute atomic E-state index is 11.9. The normalized spacial score (nSPS) is 10.0. The number of nitrogens with one attached hydrogen (secondary N) is 2. The number of ether oxygens (including phenoxy) is 2. The number of anilines is 1. The van der Waals surface area contributed by atoms with Crippen molar-refractivity contribution in [2.24, 2.45) is 0 Å². The molecule has 0 radical (unpaired) electrons. The van der Waals surface area contributed by atoms with Gasteiger partial charge < -0.3 is 25.0 Å². The average molecular weight is 351 g/mol. The molecule has 0 saturated carbocycles. The first-order chi connectivity index (χ1) is 12.0. The molecule has 1 aromatic carbocycles. The highest BCUT2D eigenvalue weighted by Gasteiger charge is 2.15. The number of amides is 3. The first kappa shape index (κ1) is 20.4. The Hall–Kier alpha value is -2.61. The van der Waals surface area contributed by atoms with Crippen molar-refractivity contribution in [3.05, 3.63) is 24.3 Å². The molecule has 0 aliphatic rings. The zero-order valence-corrected chi connectivity index (χ0v) is 14.8. The van der Waals surface area contributed by atoms with Crippen molar-refractivity contribution < 1.29 is 23.9 Å². The zero-order chi connectivity index (χ0) is 18.7. The molecule has 0 aliphatic carbocycles. The zero-order valence-electron chi connectivity index (χ0n) is 14.8. The SMILES string of the molecule is CCC(=O)N(CCOC)CC(=O)NCC(=O)Nc1ccc(OC)cc1. The molecule has 25 heavy (non-hydrogen) atoms. The lowest BCUT2D eigenvalue weighted by Gasteiger charge is -2.21. The summed E-state index contributed by atoms with van der Waals surface area (Å²) in [5.74, 6) is -0.218. The molecule has 0 fully saturated rings. The van der Waals surface area contributed by atoms with E-state index >= 15 is 0 Å². The summed E-state index contributed by atoms with van der Waals surface area (Å²) < 4.78 is 9.97. The molecular weight excluding hydrogens is 326 g/mol. The van der Waals surface area contributed by atoms with Crippen molar-refractivity contribution >= 4 is 23.4 Å². The van der Waals surface area contributed by atoms with Crippen LogP contribution in [0, 0.1) is 0 Å². The maximum atomic E-state index is 11.9. The summed E-state index contributed by atoms with van der Waals surface area (Å²) >= 11 is 0. The van der Waals surface area contributed by atoms with Gasteiger partial charge in [-0.1, -0.05) is 6.92 Å². The standard InChI is InChI=1S/C17H25N3O5/c1-4-17(23)20(9-10-24-2)12-16(22)18-11-15(21)19-13-5-7-14(25-3)8-6-13/h5-8H,4,9-12H2,1-3H3,(H,18,22)(H,19,21). The Labute approximate surface area is 147 Å². The molecular formula is C17H25N3O5. The molecule has 8 heteroatoms. The number of rotatable bonds is 10. The number of carbonyl (C=O) groups is 3. The van der Waals surface area contributed by atoms with Crippen LogP contribution < -0.4 is 15.4 Å². The lowest BCUT2D eigenvalue weighted by molar-refractivity contribution is -0.136. The molecule has 0 aromatic heterocycles. The van der Waals surface area contributed by atoms with Gasteiger partial charge in [0.15, 0.2) is 0 Å². The summed E-state index contributed by atoms with van der Waals surface area (Å²) in [6, 6.07) is 6.84. The van der Waals surface area contributed by atoms with Gasteiger partial charge in [0.1, 0.15) is 5.75 Å². The highest BCUT2D eigenvalue weighted by Crippen LogP contribution is 2.14. The van der Waals surface area contributed by atoms with Gasteiger partial charge in [-0.25, -0.2) is 0 Å². The third kappa shape index (κ3) is 7.67. The van der Waals surface area contributed by atoms with Crippen LogP contribution in [0.4, 0.5) is 5.69 Å². The Morgan fingerprint density at radius 3 is 2.32 bits per heavy atom. The first-order valence-electron chi connectivity index (χ1n) is 7.97. The molecule has 8 nitrogen and oxygen atoms in total. The molecule has 0 bridgehead atoms. The molecule has 0 spiro atoms. The Morgan fingerprint density at radius 2 is 1.76 bits per heavy atom. The fraction of sp³-hybridized carbons (Fsp3) is 0.471. The van der Waals surface area contributed by atoms with Crippen LogP contribution in [-0.4, -0.2) is 63.1 Å². The van der Waals surface area contributed by atoms with E-state index in [1.807, 2.05) is 0 Å². The van der Waals surface area contributed by atoms with Crippen LogP contribution in [-0.2, 0) is 19.1 Å². The van der Waals surface area contributed by atoms with Crippen molar-refractivity contribution in [3.63, 3.8) is 0 Å². The van der Waals surface area contributed by atoms with Crippen LogP contribution in [0.3, 0.4) is 0 Å². The monoisotopic (exact) mass is 351 g/mol. The van der Waals surface area contributed by atoms with Gasteiger partial charge in [0.05, 0.1) is 26.8 Å². The van der Waals surface area contributed by atoms with E-state index in [1.165, 1.54) is 12.0 Å². The molecule has 0 aliphatic heterocycles. The minimum Gasteiger partial charge on any atom is -0.497 e. The lowest BCUT2D eigenvalue weighted by atomic mass is 10.3. The van der Waals surface area contributed by atoms with Crippen LogP contribution in [0.2, 0.25) is 0 Å². The number of carbonyl (C=O) groups excluding carboxylic acids is 3. The van der Waals surface area contributed by atoms with E-state index in [0.29, 0.717) is 31.0 Å². The predicted octanol–water partition coefficient (Wildman–Crippen LogP) is 0.635. The summed E-state index contributed by atoms with van der Waals surface area (Å²) in [6.45, 7) is 2.11. The van der Waals surface area contributed by atoms with E-state index < -0.39 is 5.91 Å². The van der Waals surface area contributed by atoms with Gasteiger partial charge in [0.2, 0.25) is 17.7 Å². The quantitative estimate of drug-likeness (QED) is 0.645. The van der Waals surface area contributed by atoms with E-state index in [9.17, 15) is 14.4 Å². The van der Waals surface area contributed by atoms with Gasteiger partial charge >= 0.3 is 0 Å². The third-order valence-corrected chi connectivity index (χ3v) is 3.37. The summed E-state index contributed by atoms with van der Waals surface area (Å²) in [7, 11) is 3.08. The van der Waals surface area contributed by atoms with E-state index in [2.05, 4.69) is 10.6 Å². The minimum absolute atomic E-state index is 0.105. The van der Waals surface area contributed by atoms with E-state index in [1.54, 1.807) is 38.3 Å². The second-order valence-corrected chi connectivity index (χ2v) is 5.22. The van der Waals surface area contributed by atoms with E-state index in [-0.39, 0.29) is 24.9 Å².